The Morgan fingerprint density at radius 3 is 2.62 bits per heavy atom. The Labute approximate surface area is 124 Å². The van der Waals surface area contributed by atoms with E-state index in [1.54, 1.807) is 13.8 Å². The predicted octanol–water partition coefficient (Wildman–Crippen LogP) is 0.839. The Morgan fingerprint density at radius 1 is 1.43 bits per heavy atom. The van der Waals surface area contributed by atoms with Crippen LogP contribution in [0.3, 0.4) is 0 Å². The van der Waals surface area contributed by atoms with Crippen molar-refractivity contribution in [1.29, 1.82) is 0 Å². The van der Waals surface area contributed by atoms with E-state index in [0.29, 0.717) is 0 Å². The van der Waals surface area contributed by atoms with Gasteiger partial charge in [0.1, 0.15) is 5.82 Å². The van der Waals surface area contributed by atoms with Crippen molar-refractivity contribution in [3.63, 3.8) is 0 Å². The monoisotopic (exact) mass is 314 g/mol. The van der Waals surface area contributed by atoms with Gasteiger partial charge in [-0.15, -0.1) is 0 Å². The van der Waals surface area contributed by atoms with Crippen molar-refractivity contribution in [2.75, 3.05) is 20.3 Å². The fourth-order valence-electron chi connectivity index (χ4n) is 1.72. The molecule has 21 heavy (non-hydrogen) atoms. The lowest BCUT2D eigenvalue weighted by atomic mass is 10.1. The van der Waals surface area contributed by atoms with Gasteiger partial charge in [0.2, 0.25) is 10.0 Å². The number of hydrogen-bond acceptors (Lipinski definition) is 4. The molecule has 0 saturated carbocycles. The minimum absolute atomic E-state index is 0.103. The van der Waals surface area contributed by atoms with Gasteiger partial charge < -0.3 is 10.5 Å². The van der Waals surface area contributed by atoms with Gasteiger partial charge in [0.05, 0.1) is 29.1 Å². The third-order valence-electron chi connectivity index (χ3n) is 2.49. The summed E-state index contributed by atoms with van der Waals surface area (Å²) >= 11 is 0. The molecule has 1 aromatic carbocycles. The Hall–Kier alpha value is -1.46. The normalized spacial score (nSPS) is 11.9. The summed E-state index contributed by atoms with van der Waals surface area (Å²) < 4.78 is 45.7. The number of hydrogen-bond donors (Lipinski definition) is 2. The molecule has 1 aromatic rings. The second-order valence-electron chi connectivity index (χ2n) is 5.07. The first-order valence-electron chi connectivity index (χ1n) is 6.23. The quantitative estimate of drug-likeness (QED) is 0.789. The highest BCUT2D eigenvalue weighted by atomic mass is 32.2. The van der Waals surface area contributed by atoms with Gasteiger partial charge in [-0.05, 0) is 32.0 Å². The molecule has 3 N–H and O–H groups in total. The molecule has 0 heterocycles. The van der Waals surface area contributed by atoms with E-state index in [1.165, 1.54) is 19.2 Å². The summed E-state index contributed by atoms with van der Waals surface area (Å²) in [6.07, 6.45) is 0. The second-order valence-corrected chi connectivity index (χ2v) is 6.75. The second kappa shape index (κ2) is 7.00. The van der Waals surface area contributed by atoms with Crippen LogP contribution < -0.4 is 10.5 Å². The van der Waals surface area contributed by atoms with Crippen LogP contribution in [0.15, 0.2) is 23.1 Å². The molecule has 0 bridgehead atoms. The van der Waals surface area contributed by atoms with E-state index in [0.717, 1.165) is 6.07 Å². The van der Waals surface area contributed by atoms with Crippen LogP contribution in [0.2, 0.25) is 0 Å². The lowest BCUT2D eigenvalue weighted by molar-refractivity contribution is 0.141. The Morgan fingerprint density at radius 2 is 2.10 bits per heavy atom. The fraction of sp³-hybridized carbons (Fsp3) is 0.429. The van der Waals surface area contributed by atoms with Crippen molar-refractivity contribution in [3.8, 4) is 11.8 Å². The highest BCUT2D eigenvalue weighted by Gasteiger charge is 2.26. The molecule has 0 amide bonds. The predicted molar refractivity (Wildman–Crippen MR) is 78.6 cm³/mol. The number of benzene rings is 1. The highest BCUT2D eigenvalue weighted by Crippen LogP contribution is 2.17. The zero-order valence-electron chi connectivity index (χ0n) is 12.2. The molecule has 0 fully saturated rings. The zero-order chi connectivity index (χ0) is 16.1. The van der Waals surface area contributed by atoms with E-state index < -0.39 is 21.4 Å². The van der Waals surface area contributed by atoms with E-state index in [1.807, 2.05) is 0 Å². The summed E-state index contributed by atoms with van der Waals surface area (Å²) in [5, 5.41) is 0. The zero-order valence-corrected chi connectivity index (χ0v) is 13.1. The van der Waals surface area contributed by atoms with Crippen molar-refractivity contribution in [2.45, 2.75) is 24.3 Å². The third-order valence-corrected chi connectivity index (χ3v) is 4.19. The van der Waals surface area contributed by atoms with Crippen LogP contribution in [-0.2, 0) is 14.8 Å². The molecule has 0 aliphatic heterocycles. The van der Waals surface area contributed by atoms with Crippen molar-refractivity contribution in [3.05, 3.63) is 29.6 Å². The standard InChI is InChI=1S/C14H19FN2O3S/c1-14(2,10-20-3)17-21(18,19)12-7-6-11(5-4-8-16)13(15)9-12/h6-7,9,17H,8,10,16H2,1-3H3. The molecule has 0 aliphatic carbocycles. The van der Waals surface area contributed by atoms with Gasteiger partial charge in [-0.2, -0.15) is 0 Å². The fourth-order valence-corrected chi connectivity index (χ4v) is 3.13. The van der Waals surface area contributed by atoms with Gasteiger partial charge in [-0.3, -0.25) is 0 Å². The molecule has 0 atom stereocenters. The van der Waals surface area contributed by atoms with Gasteiger partial charge >= 0.3 is 0 Å². The molecular formula is C14H19FN2O3S. The van der Waals surface area contributed by atoms with E-state index in [4.69, 9.17) is 10.5 Å². The van der Waals surface area contributed by atoms with E-state index in [-0.39, 0.29) is 23.6 Å². The summed E-state index contributed by atoms with van der Waals surface area (Å²) in [7, 11) is -2.37. The molecule has 1 rings (SSSR count). The highest BCUT2D eigenvalue weighted by molar-refractivity contribution is 7.89. The van der Waals surface area contributed by atoms with Crippen molar-refractivity contribution < 1.29 is 17.5 Å². The molecule has 0 unspecified atom stereocenters. The average Bonchev–Trinajstić information content (AvgIpc) is 2.35. The van der Waals surface area contributed by atoms with Gasteiger partial charge in [0, 0.05) is 7.11 Å². The molecule has 0 aliphatic rings. The first-order valence-corrected chi connectivity index (χ1v) is 7.71. The van der Waals surface area contributed by atoms with Crippen LogP contribution in [0.4, 0.5) is 4.39 Å². The summed E-state index contributed by atoms with van der Waals surface area (Å²) in [6.45, 7) is 3.64. The minimum Gasteiger partial charge on any atom is -0.383 e. The lowest BCUT2D eigenvalue weighted by Crippen LogP contribution is -2.46. The maximum absolute atomic E-state index is 13.8. The van der Waals surface area contributed by atoms with Crippen LogP contribution in [-0.4, -0.2) is 34.2 Å². The molecule has 0 radical (unpaired) electrons. The number of methoxy groups -OCH3 is 1. The maximum Gasteiger partial charge on any atom is 0.241 e. The van der Waals surface area contributed by atoms with Crippen molar-refractivity contribution in [1.82, 2.24) is 4.72 Å². The third kappa shape index (κ3) is 5.10. The molecule has 0 aromatic heterocycles. The van der Waals surface area contributed by atoms with Crippen LogP contribution >= 0.6 is 0 Å². The van der Waals surface area contributed by atoms with Gasteiger partial charge in [0.25, 0.3) is 0 Å². The number of sulfonamides is 1. The van der Waals surface area contributed by atoms with Crippen LogP contribution in [0.25, 0.3) is 0 Å². The van der Waals surface area contributed by atoms with Gasteiger partial charge in [0.15, 0.2) is 0 Å². The number of nitrogens with one attached hydrogen (secondary N) is 1. The van der Waals surface area contributed by atoms with Crippen molar-refractivity contribution >= 4 is 10.0 Å². The lowest BCUT2D eigenvalue weighted by Gasteiger charge is -2.24. The molecular weight excluding hydrogens is 295 g/mol. The van der Waals surface area contributed by atoms with Crippen LogP contribution in [0.1, 0.15) is 19.4 Å². The summed E-state index contributed by atoms with van der Waals surface area (Å²) in [5.74, 6) is 4.34. The average molecular weight is 314 g/mol. The van der Waals surface area contributed by atoms with Gasteiger partial charge in [-0.1, -0.05) is 11.8 Å². The summed E-state index contributed by atoms with van der Waals surface area (Å²) in [5.41, 5.74) is 4.51. The Bertz CT molecular complexity index is 661. The van der Waals surface area contributed by atoms with Crippen LogP contribution in [0, 0.1) is 17.7 Å². The Kier molecular flexibility index (Phi) is 5.87. The summed E-state index contributed by atoms with van der Waals surface area (Å²) in [6, 6.07) is 3.55. The topological polar surface area (TPSA) is 81.4 Å². The van der Waals surface area contributed by atoms with E-state index >= 15 is 0 Å². The number of halogens is 1. The number of rotatable bonds is 5. The van der Waals surface area contributed by atoms with Crippen molar-refractivity contribution in [2.24, 2.45) is 5.73 Å². The first-order chi connectivity index (χ1) is 9.72. The largest absolute Gasteiger partial charge is 0.383 e. The molecule has 0 saturated heterocycles. The number of ether oxygens (including phenoxy) is 1. The van der Waals surface area contributed by atoms with E-state index in [2.05, 4.69) is 16.6 Å². The minimum atomic E-state index is -3.84. The summed E-state index contributed by atoms with van der Waals surface area (Å²) in [4.78, 5) is -0.164. The molecule has 7 heteroatoms. The van der Waals surface area contributed by atoms with Gasteiger partial charge in [-0.25, -0.2) is 17.5 Å². The Balaban J connectivity index is 3.08. The number of nitrogens with two attached hydrogens (primary N) is 1. The SMILES string of the molecule is COCC(C)(C)NS(=O)(=O)c1ccc(C#CCN)c(F)c1. The molecule has 116 valence electrons. The van der Waals surface area contributed by atoms with Crippen LogP contribution in [0.5, 0.6) is 0 Å². The van der Waals surface area contributed by atoms with E-state index in [9.17, 15) is 12.8 Å². The molecule has 5 nitrogen and oxygen atoms in total. The first kappa shape index (κ1) is 17.6. The maximum atomic E-state index is 13.8. The smallest absolute Gasteiger partial charge is 0.241 e. The molecule has 0 spiro atoms.